The van der Waals surface area contributed by atoms with E-state index in [1.807, 2.05) is 50.2 Å². The second-order valence-electron chi connectivity index (χ2n) is 3.97. The van der Waals surface area contributed by atoms with Gasteiger partial charge in [-0.1, -0.05) is 53.6 Å². The van der Waals surface area contributed by atoms with Crippen molar-refractivity contribution in [2.75, 3.05) is 0 Å². The molecule has 0 aliphatic rings. The average molecular weight is 210 g/mol. The van der Waals surface area contributed by atoms with E-state index in [-0.39, 0.29) is 0 Å². The molecular formula is C14H14N2-2. The summed E-state index contributed by atoms with van der Waals surface area (Å²) in [6, 6.07) is 13.6. The van der Waals surface area contributed by atoms with Gasteiger partial charge in [0.1, 0.15) is 0 Å². The first-order chi connectivity index (χ1) is 7.65. The third kappa shape index (κ3) is 2.34. The first-order valence-corrected chi connectivity index (χ1v) is 5.26. The fraction of sp³-hybridized carbons (Fsp3) is 0.143. The van der Waals surface area contributed by atoms with E-state index < -0.39 is 0 Å². The van der Waals surface area contributed by atoms with Crippen LogP contribution in [0, 0.1) is 13.8 Å². The zero-order valence-corrected chi connectivity index (χ0v) is 9.49. The molecule has 82 valence electrons. The SMILES string of the molecule is Cc1ccc([N-]c2cc(C)ccc2[NH-])cc1. The van der Waals surface area contributed by atoms with Gasteiger partial charge in [-0.3, -0.25) is 0 Å². The van der Waals surface area contributed by atoms with Gasteiger partial charge in [-0.25, -0.2) is 0 Å². The summed E-state index contributed by atoms with van der Waals surface area (Å²) in [5.41, 5.74) is 12.2. The van der Waals surface area contributed by atoms with E-state index in [4.69, 9.17) is 5.73 Å². The number of hydrogen-bond acceptors (Lipinski definition) is 0. The summed E-state index contributed by atoms with van der Waals surface area (Å²) in [4.78, 5) is 0. The zero-order valence-electron chi connectivity index (χ0n) is 9.49. The van der Waals surface area contributed by atoms with Crippen LogP contribution in [0.2, 0.25) is 0 Å². The summed E-state index contributed by atoms with van der Waals surface area (Å²) in [6.45, 7) is 4.06. The van der Waals surface area contributed by atoms with E-state index in [0.29, 0.717) is 5.69 Å². The Hall–Kier alpha value is -1.96. The lowest BCUT2D eigenvalue weighted by Crippen LogP contribution is -1.74. The summed E-state index contributed by atoms with van der Waals surface area (Å²) in [5.74, 6) is 0. The number of hydrogen-bond donors (Lipinski definition) is 0. The molecule has 0 aliphatic heterocycles. The molecule has 0 atom stereocenters. The predicted octanol–water partition coefficient (Wildman–Crippen LogP) is 5.32. The molecular weight excluding hydrogens is 196 g/mol. The van der Waals surface area contributed by atoms with Gasteiger partial charge in [0, 0.05) is 0 Å². The van der Waals surface area contributed by atoms with E-state index in [1.165, 1.54) is 5.56 Å². The molecule has 0 amide bonds. The zero-order chi connectivity index (χ0) is 11.5. The second kappa shape index (κ2) is 4.27. The Labute approximate surface area is 96.1 Å². The molecule has 0 heterocycles. The van der Waals surface area contributed by atoms with Crippen LogP contribution in [0.25, 0.3) is 11.1 Å². The van der Waals surface area contributed by atoms with Crippen LogP contribution < -0.4 is 0 Å². The minimum atomic E-state index is 0.464. The number of nitrogens with one attached hydrogen (secondary N) is 1. The van der Waals surface area contributed by atoms with E-state index >= 15 is 0 Å². The lowest BCUT2D eigenvalue weighted by molar-refractivity contribution is 1.46. The van der Waals surface area contributed by atoms with Gasteiger partial charge in [-0.2, -0.15) is 11.4 Å². The quantitative estimate of drug-likeness (QED) is 0.643. The molecule has 0 spiro atoms. The Balaban J connectivity index is 2.26. The van der Waals surface area contributed by atoms with Crippen molar-refractivity contribution in [3.8, 4) is 0 Å². The predicted molar refractivity (Wildman–Crippen MR) is 69.0 cm³/mol. The molecule has 0 bridgehead atoms. The molecule has 2 aromatic carbocycles. The van der Waals surface area contributed by atoms with Gasteiger partial charge in [-0.05, 0) is 13.8 Å². The molecule has 0 unspecified atom stereocenters. The Morgan fingerprint density at radius 2 is 1.50 bits per heavy atom. The summed E-state index contributed by atoms with van der Waals surface area (Å²) >= 11 is 0. The van der Waals surface area contributed by atoms with E-state index in [0.717, 1.165) is 16.9 Å². The maximum absolute atomic E-state index is 7.77. The van der Waals surface area contributed by atoms with Crippen molar-refractivity contribution < 1.29 is 0 Å². The first kappa shape index (κ1) is 10.6. The number of benzene rings is 2. The lowest BCUT2D eigenvalue weighted by atomic mass is 10.1. The van der Waals surface area contributed by atoms with E-state index in [9.17, 15) is 0 Å². The average Bonchev–Trinajstić information content (AvgIpc) is 2.27. The summed E-state index contributed by atoms with van der Waals surface area (Å²) < 4.78 is 0. The van der Waals surface area contributed by atoms with Crippen LogP contribution in [0.15, 0.2) is 42.5 Å². The van der Waals surface area contributed by atoms with Gasteiger partial charge in [-0.15, -0.1) is 5.69 Å². The molecule has 2 rings (SSSR count). The van der Waals surface area contributed by atoms with Gasteiger partial charge < -0.3 is 11.1 Å². The highest BCUT2D eigenvalue weighted by molar-refractivity contribution is 5.79. The largest absolute Gasteiger partial charge is 0.700 e. The van der Waals surface area contributed by atoms with Crippen LogP contribution in [0.4, 0.5) is 17.1 Å². The third-order valence-corrected chi connectivity index (χ3v) is 2.44. The molecule has 0 radical (unpaired) electrons. The maximum atomic E-state index is 7.77. The van der Waals surface area contributed by atoms with Crippen LogP contribution in [0.3, 0.4) is 0 Å². The molecule has 1 N–H and O–H groups in total. The van der Waals surface area contributed by atoms with Gasteiger partial charge in [0.25, 0.3) is 0 Å². The van der Waals surface area contributed by atoms with Crippen LogP contribution in [-0.4, -0.2) is 0 Å². The monoisotopic (exact) mass is 210 g/mol. The summed E-state index contributed by atoms with van der Waals surface area (Å²) in [7, 11) is 0. The van der Waals surface area contributed by atoms with Crippen LogP contribution >= 0.6 is 0 Å². The van der Waals surface area contributed by atoms with Crippen molar-refractivity contribution in [3.05, 3.63) is 64.6 Å². The summed E-state index contributed by atoms with van der Waals surface area (Å²) in [6.07, 6.45) is 0. The summed E-state index contributed by atoms with van der Waals surface area (Å²) in [5, 5.41) is 4.46. The Morgan fingerprint density at radius 1 is 0.875 bits per heavy atom. The normalized spacial score (nSPS) is 10.1. The molecule has 0 fully saturated rings. The van der Waals surface area contributed by atoms with Crippen molar-refractivity contribution in [2.45, 2.75) is 13.8 Å². The fourth-order valence-corrected chi connectivity index (χ4v) is 1.49. The Bertz CT molecular complexity index is 487. The standard InChI is InChI=1S/C14H14N2/c1-10-3-6-12(7-4-10)16-14-9-11(2)5-8-13(14)15/h3-9,15H,1-2H3/q-2. The minimum absolute atomic E-state index is 0.464. The highest BCUT2D eigenvalue weighted by Crippen LogP contribution is 2.37. The highest BCUT2D eigenvalue weighted by Gasteiger charge is 1.86. The van der Waals surface area contributed by atoms with Gasteiger partial charge in [0.05, 0.1) is 0 Å². The molecule has 2 nitrogen and oxygen atoms in total. The van der Waals surface area contributed by atoms with E-state index in [1.54, 1.807) is 6.07 Å². The smallest absolute Gasteiger partial charge is 0.0398 e. The van der Waals surface area contributed by atoms with Crippen molar-refractivity contribution in [1.82, 2.24) is 0 Å². The molecule has 0 aromatic heterocycles. The molecule has 0 saturated heterocycles. The van der Waals surface area contributed by atoms with Crippen LogP contribution in [-0.2, 0) is 0 Å². The third-order valence-electron chi connectivity index (χ3n) is 2.44. The molecule has 2 aromatic rings. The topological polar surface area (TPSA) is 37.9 Å². The number of aryl methyl sites for hydroxylation is 2. The van der Waals surface area contributed by atoms with Gasteiger partial charge >= 0.3 is 0 Å². The maximum Gasteiger partial charge on any atom is -0.0398 e. The van der Waals surface area contributed by atoms with Gasteiger partial charge in [0.15, 0.2) is 0 Å². The first-order valence-electron chi connectivity index (χ1n) is 5.26. The highest BCUT2D eigenvalue weighted by atomic mass is 14.9. The number of rotatable bonds is 2. The Kier molecular flexibility index (Phi) is 2.82. The van der Waals surface area contributed by atoms with Crippen LogP contribution in [0.1, 0.15) is 11.1 Å². The van der Waals surface area contributed by atoms with Crippen molar-refractivity contribution in [1.29, 1.82) is 0 Å². The second-order valence-corrected chi connectivity index (χ2v) is 3.97. The van der Waals surface area contributed by atoms with Crippen molar-refractivity contribution in [3.63, 3.8) is 0 Å². The molecule has 2 heteroatoms. The minimum Gasteiger partial charge on any atom is -0.700 e. The molecule has 0 saturated carbocycles. The molecule has 0 aliphatic carbocycles. The fourth-order valence-electron chi connectivity index (χ4n) is 1.49. The van der Waals surface area contributed by atoms with Gasteiger partial charge in [0.2, 0.25) is 0 Å². The van der Waals surface area contributed by atoms with Crippen LogP contribution in [0.5, 0.6) is 0 Å². The Morgan fingerprint density at radius 3 is 2.19 bits per heavy atom. The molecule has 16 heavy (non-hydrogen) atoms. The lowest BCUT2D eigenvalue weighted by Gasteiger charge is -2.28. The van der Waals surface area contributed by atoms with Crippen molar-refractivity contribution >= 4 is 17.1 Å². The number of nitrogens with zero attached hydrogens (tertiary/aromatic N) is 1. The van der Waals surface area contributed by atoms with E-state index in [2.05, 4.69) is 5.32 Å². The van der Waals surface area contributed by atoms with Crippen molar-refractivity contribution in [2.24, 2.45) is 0 Å².